The molecule has 2 aromatic heterocycles. The number of pyridine rings is 1. The molecule has 0 aromatic carbocycles. The van der Waals surface area contributed by atoms with E-state index in [1.54, 1.807) is 22.6 Å². The molecule has 3 heterocycles. The quantitative estimate of drug-likeness (QED) is 0.798. The zero-order valence-corrected chi connectivity index (χ0v) is 10.4. The number of carboxylic acids is 1. The number of nitrogens with zero attached hydrogens (tertiary/aromatic N) is 4. The van der Waals surface area contributed by atoms with Crippen molar-refractivity contribution in [3.05, 3.63) is 29.7 Å². The Morgan fingerprint density at radius 1 is 1.32 bits per heavy atom. The van der Waals surface area contributed by atoms with E-state index in [0.717, 1.165) is 26.2 Å². The molecule has 2 aromatic rings. The Labute approximate surface area is 109 Å². The van der Waals surface area contributed by atoms with Crippen molar-refractivity contribution in [3.63, 3.8) is 0 Å². The SMILES string of the molecule is O=C(O)c1cccc2nnc(CN3CCNCC3)n12. The first-order valence-corrected chi connectivity index (χ1v) is 6.25. The second kappa shape index (κ2) is 4.94. The van der Waals surface area contributed by atoms with Gasteiger partial charge in [-0.25, -0.2) is 4.79 Å². The summed E-state index contributed by atoms with van der Waals surface area (Å²) in [5.74, 6) is -0.290. The van der Waals surface area contributed by atoms with Gasteiger partial charge in [0, 0.05) is 26.2 Å². The standard InChI is InChI=1S/C12H15N5O2/c18-12(19)9-2-1-3-10-14-15-11(17(9)10)8-16-6-4-13-5-7-16/h1-3,13H,4-8H2,(H,18,19). The summed E-state index contributed by atoms with van der Waals surface area (Å²) in [7, 11) is 0. The average molecular weight is 261 g/mol. The Morgan fingerprint density at radius 3 is 2.84 bits per heavy atom. The van der Waals surface area contributed by atoms with Crippen molar-refractivity contribution < 1.29 is 9.90 Å². The molecule has 0 unspecified atom stereocenters. The van der Waals surface area contributed by atoms with Gasteiger partial charge >= 0.3 is 5.97 Å². The number of aromatic carboxylic acids is 1. The van der Waals surface area contributed by atoms with Crippen molar-refractivity contribution in [3.8, 4) is 0 Å². The van der Waals surface area contributed by atoms with Crippen LogP contribution in [-0.2, 0) is 6.54 Å². The van der Waals surface area contributed by atoms with Crippen LogP contribution in [0, 0.1) is 0 Å². The van der Waals surface area contributed by atoms with Crippen molar-refractivity contribution in [1.82, 2.24) is 24.8 Å². The van der Waals surface area contributed by atoms with Gasteiger partial charge in [0.2, 0.25) is 0 Å². The van der Waals surface area contributed by atoms with Crippen LogP contribution in [0.3, 0.4) is 0 Å². The van der Waals surface area contributed by atoms with Crippen LogP contribution in [0.4, 0.5) is 0 Å². The van der Waals surface area contributed by atoms with E-state index < -0.39 is 5.97 Å². The monoisotopic (exact) mass is 261 g/mol. The molecule has 0 spiro atoms. The molecule has 0 bridgehead atoms. The number of carboxylic acid groups (broad SMARTS) is 1. The Morgan fingerprint density at radius 2 is 2.11 bits per heavy atom. The average Bonchev–Trinajstić information content (AvgIpc) is 2.83. The molecule has 0 radical (unpaired) electrons. The van der Waals surface area contributed by atoms with Crippen molar-refractivity contribution in [2.75, 3.05) is 26.2 Å². The van der Waals surface area contributed by atoms with Gasteiger partial charge in [-0.2, -0.15) is 0 Å². The summed E-state index contributed by atoms with van der Waals surface area (Å²) in [6, 6.07) is 5.02. The molecule has 0 aliphatic carbocycles. The van der Waals surface area contributed by atoms with Gasteiger partial charge in [-0.15, -0.1) is 10.2 Å². The Hall–Kier alpha value is -1.99. The van der Waals surface area contributed by atoms with Gasteiger partial charge in [-0.3, -0.25) is 9.30 Å². The largest absolute Gasteiger partial charge is 0.477 e. The maximum atomic E-state index is 11.3. The molecule has 0 saturated carbocycles. The highest BCUT2D eigenvalue weighted by Gasteiger charge is 2.17. The highest BCUT2D eigenvalue weighted by molar-refractivity contribution is 5.86. The number of aromatic nitrogens is 3. The summed E-state index contributed by atoms with van der Waals surface area (Å²) < 4.78 is 1.62. The van der Waals surface area contributed by atoms with Gasteiger partial charge in [-0.1, -0.05) is 6.07 Å². The van der Waals surface area contributed by atoms with Crippen LogP contribution in [0.25, 0.3) is 5.65 Å². The summed E-state index contributed by atoms with van der Waals surface area (Å²) >= 11 is 0. The van der Waals surface area contributed by atoms with Gasteiger partial charge in [0.25, 0.3) is 0 Å². The predicted molar refractivity (Wildman–Crippen MR) is 68.1 cm³/mol. The first-order valence-electron chi connectivity index (χ1n) is 6.25. The van der Waals surface area contributed by atoms with Crippen LogP contribution in [0.1, 0.15) is 16.3 Å². The number of hydrogen-bond donors (Lipinski definition) is 2. The van der Waals surface area contributed by atoms with Crippen LogP contribution in [0.5, 0.6) is 0 Å². The lowest BCUT2D eigenvalue weighted by Crippen LogP contribution is -2.43. The molecular weight excluding hydrogens is 246 g/mol. The molecule has 1 fully saturated rings. The van der Waals surface area contributed by atoms with Crippen LogP contribution < -0.4 is 5.32 Å². The smallest absolute Gasteiger partial charge is 0.352 e. The van der Waals surface area contributed by atoms with Crippen LogP contribution >= 0.6 is 0 Å². The van der Waals surface area contributed by atoms with Gasteiger partial charge in [0.1, 0.15) is 5.69 Å². The van der Waals surface area contributed by atoms with Gasteiger partial charge in [0.05, 0.1) is 6.54 Å². The third-order valence-corrected chi connectivity index (χ3v) is 3.29. The van der Waals surface area contributed by atoms with E-state index in [2.05, 4.69) is 20.4 Å². The molecule has 2 N–H and O–H groups in total. The summed E-state index contributed by atoms with van der Waals surface area (Å²) in [5.41, 5.74) is 0.776. The highest BCUT2D eigenvalue weighted by atomic mass is 16.4. The fourth-order valence-electron chi connectivity index (χ4n) is 2.34. The number of hydrogen-bond acceptors (Lipinski definition) is 5. The summed E-state index contributed by atoms with van der Waals surface area (Å²) in [5, 5.41) is 20.7. The molecule has 7 heteroatoms. The van der Waals surface area contributed by atoms with Crippen LogP contribution in [-0.4, -0.2) is 56.8 Å². The zero-order chi connectivity index (χ0) is 13.2. The summed E-state index contributed by atoms with van der Waals surface area (Å²) in [6.45, 7) is 4.38. The minimum Gasteiger partial charge on any atom is -0.477 e. The molecule has 0 amide bonds. The molecular formula is C12H15N5O2. The fourth-order valence-corrected chi connectivity index (χ4v) is 2.34. The van der Waals surface area contributed by atoms with E-state index in [9.17, 15) is 9.90 Å². The summed E-state index contributed by atoms with van der Waals surface area (Å²) in [6.07, 6.45) is 0. The Kier molecular flexibility index (Phi) is 3.14. The lowest BCUT2D eigenvalue weighted by Gasteiger charge is -2.26. The molecule has 1 saturated heterocycles. The van der Waals surface area contributed by atoms with E-state index in [1.807, 2.05) is 0 Å². The van der Waals surface area contributed by atoms with Crippen molar-refractivity contribution in [1.29, 1.82) is 0 Å². The van der Waals surface area contributed by atoms with Crippen LogP contribution in [0.15, 0.2) is 18.2 Å². The predicted octanol–water partition coefficient (Wildman–Crippen LogP) is -0.167. The zero-order valence-electron chi connectivity index (χ0n) is 10.4. The van der Waals surface area contributed by atoms with Crippen molar-refractivity contribution >= 4 is 11.6 Å². The number of carbonyl (C=O) groups is 1. The third-order valence-electron chi connectivity index (χ3n) is 3.29. The van der Waals surface area contributed by atoms with E-state index >= 15 is 0 Å². The molecule has 19 heavy (non-hydrogen) atoms. The minimum atomic E-state index is -0.966. The molecule has 1 aliphatic rings. The Balaban J connectivity index is 1.96. The topological polar surface area (TPSA) is 82.8 Å². The second-order valence-corrected chi connectivity index (χ2v) is 4.55. The van der Waals surface area contributed by atoms with Gasteiger partial charge in [-0.05, 0) is 12.1 Å². The first kappa shape index (κ1) is 12.1. The molecule has 100 valence electrons. The maximum absolute atomic E-state index is 11.3. The normalized spacial score (nSPS) is 16.8. The molecule has 7 nitrogen and oxygen atoms in total. The lowest BCUT2D eigenvalue weighted by molar-refractivity contribution is 0.0688. The first-order chi connectivity index (χ1) is 9.25. The second-order valence-electron chi connectivity index (χ2n) is 4.55. The van der Waals surface area contributed by atoms with Gasteiger partial charge < -0.3 is 10.4 Å². The Bertz CT molecular complexity index is 603. The van der Waals surface area contributed by atoms with Crippen molar-refractivity contribution in [2.24, 2.45) is 0 Å². The fraction of sp³-hybridized carbons (Fsp3) is 0.417. The van der Waals surface area contributed by atoms with Gasteiger partial charge in [0.15, 0.2) is 11.5 Å². The van der Waals surface area contributed by atoms with Crippen molar-refractivity contribution in [2.45, 2.75) is 6.54 Å². The summed E-state index contributed by atoms with van der Waals surface area (Å²) in [4.78, 5) is 13.5. The number of fused-ring (bicyclic) bond motifs is 1. The number of nitrogens with one attached hydrogen (secondary N) is 1. The highest BCUT2D eigenvalue weighted by Crippen LogP contribution is 2.11. The minimum absolute atomic E-state index is 0.202. The maximum Gasteiger partial charge on any atom is 0.352 e. The van der Waals surface area contributed by atoms with E-state index in [1.165, 1.54) is 0 Å². The number of rotatable bonds is 3. The van der Waals surface area contributed by atoms with E-state index in [0.29, 0.717) is 18.0 Å². The van der Waals surface area contributed by atoms with E-state index in [-0.39, 0.29) is 5.69 Å². The molecule has 0 atom stereocenters. The molecule has 3 rings (SSSR count). The third kappa shape index (κ3) is 2.29. The van der Waals surface area contributed by atoms with Crippen LogP contribution in [0.2, 0.25) is 0 Å². The number of piperazine rings is 1. The lowest BCUT2D eigenvalue weighted by atomic mass is 10.3. The molecule has 1 aliphatic heterocycles. The van der Waals surface area contributed by atoms with E-state index in [4.69, 9.17) is 0 Å².